The average molecular weight is 399 g/mol. The number of alkyl carbamates (subject to hydrolysis) is 1. The van der Waals surface area contributed by atoms with Crippen LogP contribution in [0.5, 0.6) is 5.75 Å². The van der Waals surface area contributed by atoms with E-state index in [4.69, 9.17) is 4.74 Å². The van der Waals surface area contributed by atoms with Gasteiger partial charge in [0.25, 0.3) is 5.91 Å². The van der Waals surface area contributed by atoms with E-state index in [2.05, 4.69) is 16.0 Å². The van der Waals surface area contributed by atoms with Gasteiger partial charge in [-0.3, -0.25) is 9.59 Å². The Labute approximate surface area is 169 Å². The minimum atomic E-state index is -0.681. The minimum Gasteiger partial charge on any atom is -0.508 e. The van der Waals surface area contributed by atoms with Gasteiger partial charge in [0, 0.05) is 17.8 Å². The van der Waals surface area contributed by atoms with Gasteiger partial charge in [-0.1, -0.05) is 24.3 Å². The molecule has 3 amide bonds. The second kappa shape index (κ2) is 9.59. The molecule has 0 fully saturated rings. The van der Waals surface area contributed by atoms with E-state index in [1.54, 1.807) is 57.2 Å². The van der Waals surface area contributed by atoms with Crippen LogP contribution in [-0.2, 0) is 16.1 Å². The maximum absolute atomic E-state index is 12.2. The van der Waals surface area contributed by atoms with Crippen LogP contribution in [0.3, 0.4) is 0 Å². The highest BCUT2D eigenvalue weighted by atomic mass is 16.6. The van der Waals surface area contributed by atoms with Crippen molar-refractivity contribution in [1.82, 2.24) is 10.6 Å². The second-order valence-electron chi connectivity index (χ2n) is 7.29. The topological polar surface area (TPSA) is 117 Å². The van der Waals surface area contributed by atoms with Crippen LogP contribution in [0.1, 0.15) is 36.7 Å². The number of phenols is 1. The third kappa shape index (κ3) is 7.53. The van der Waals surface area contributed by atoms with Gasteiger partial charge in [-0.05, 0) is 50.6 Å². The molecule has 0 unspecified atom stereocenters. The quantitative estimate of drug-likeness (QED) is 0.596. The smallest absolute Gasteiger partial charge is 0.408 e. The van der Waals surface area contributed by atoms with Crippen LogP contribution < -0.4 is 16.0 Å². The Morgan fingerprint density at radius 1 is 1.00 bits per heavy atom. The highest BCUT2D eigenvalue weighted by molar-refractivity contribution is 5.96. The number of hydrogen-bond donors (Lipinski definition) is 4. The number of phenolic OH excluding ortho intramolecular Hbond substituents is 1. The molecule has 2 aromatic rings. The van der Waals surface area contributed by atoms with E-state index in [0.717, 1.165) is 0 Å². The first kappa shape index (κ1) is 21.7. The summed E-state index contributed by atoms with van der Waals surface area (Å²) in [6.45, 7) is 5.11. The van der Waals surface area contributed by atoms with Gasteiger partial charge in [0.1, 0.15) is 17.9 Å². The van der Waals surface area contributed by atoms with Crippen molar-refractivity contribution in [3.05, 3.63) is 59.7 Å². The number of nitrogens with one attached hydrogen (secondary N) is 3. The van der Waals surface area contributed by atoms with E-state index in [1.807, 2.05) is 0 Å². The van der Waals surface area contributed by atoms with Crippen molar-refractivity contribution >= 4 is 23.6 Å². The molecule has 154 valence electrons. The van der Waals surface area contributed by atoms with E-state index >= 15 is 0 Å². The van der Waals surface area contributed by atoms with Crippen molar-refractivity contribution in [2.75, 3.05) is 11.9 Å². The maximum Gasteiger partial charge on any atom is 0.408 e. The molecule has 0 aromatic heterocycles. The number of hydrogen-bond acceptors (Lipinski definition) is 5. The molecule has 2 aromatic carbocycles. The lowest BCUT2D eigenvalue weighted by Gasteiger charge is -2.19. The molecule has 0 saturated heterocycles. The fourth-order valence-electron chi connectivity index (χ4n) is 2.38. The normalized spacial score (nSPS) is 10.7. The molecule has 0 aliphatic heterocycles. The van der Waals surface area contributed by atoms with Crippen LogP contribution in [0.25, 0.3) is 0 Å². The van der Waals surface area contributed by atoms with E-state index < -0.39 is 17.6 Å². The molecule has 8 nitrogen and oxygen atoms in total. The van der Waals surface area contributed by atoms with Gasteiger partial charge in [-0.15, -0.1) is 0 Å². The van der Waals surface area contributed by atoms with Gasteiger partial charge < -0.3 is 25.8 Å². The molecule has 0 radical (unpaired) electrons. The first-order chi connectivity index (χ1) is 13.6. The van der Waals surface area contributed by atoms with Crippen molar-refractivity contribution in [1.29, 1.82) is 0 Å². The summed E-state index contributed by atoms with van der Waals surface area (Å²) in [5.41, 5.74) is 0.875. The molecule has 0 aliphatic carbocycles. The third-order valence-corrected chi connectivity index (χ3v) is 3.63. The second-order valence-corrected chi connectivity index (χ2v) is 7.29. The van der Waals surface area contributed by atoms with Gasteiger partial charge in [-0.25, -0.2) is 4.79 Å². The van der Waals surface area contributed by atoms with Crippen molar-refractivity contribution < 1.29 is 24.2 Å². The number of rotatable bonds is 6. The van der Waals surface area contributed by atoms with E-state index in [9.17, 15) is 19.5 Å². The Hall–Kier alpha value is -3.55. The Morgan fingerprint density at radius 3 is 2.41 bits per heavy atom. The standard InChI is InChI=1S/C21H25N3O5/c1-21(2,3)29-20(28)23-13-18(26)24-17-10-5-4-7-15(17)12-22-19(27)14-8-6-9-16(25)11-14/h4-11,25H,12-13H2,1-3H3,(H,22,27)(H,23,28)(H,24,26). The summed E-state index contributed by atoms with van der Waals surface area (Å²) in [6, 6.07) is 13.0. The van der Waals surface area contributed by atoms with Crippen molar-refractivity contribution in [2.24, 2.45) is 0 Å². The first-order valence-corrected chi connectivity index (χ1v) is 9.06. The maximum atomic E-state index is 12.2. The molecular formula is C21H25N3O5. The molecule has 0 bridgehead atoms. The zero-order valence-corrected chi connectivity index (χ0v) is 16.6. The average Bonchev–Trinajstić information content (AvgIpc) is 2.64. The number of anilines is 1. The van der Waals surface area contributed by atoms with Crippen LogP contribution in [0, 0.1) is 0 Å². The molecule has 0 aliphatic rings. The third-order valence-electron chi connectivity index (χ3n) is 3.63. The predicted molar refractivity (Wildman–Crippen MR) is 109 cm³/mol. The van der Waals surface area contributed by atoms with Crippen molar-refractivity contribution in [3.8, 4) is 5.75 Å². The summed E-state index contributed by atoms with van der Waals surface area (Å²) < 4.78 is 5.08. The Kier molecular flexibility index (Phi) is 7.19. The molecule has 2 rings (SSSR count). The van der Waals surface area contributed by atoms with Crippen LogP contribution in [0.4, 0.5) is 10.5 Å². The van der Waals surface area contributed by atoms with Gasteiger partial charge in [0.05, 0.1) is 0 Å². The van der Waals surface area contributed by atoms with E-state index in [0.29, 0.717) is 16.8 Å². The molecule has 8 heteroatoms. The lowest BCUT2D eigenvalue weighted by Crippen LogP contribution is -2.37. The van der Waals surface area contributed by atoms with Gasteiger partial charge in [0.15, 0.2) is 0 Å². The highest BCUT2D eigenvalue weighted by Gasteiger charge is 2.17. The molecule has 4 N–H and O–H groups in total. The van der Waals surface area contributed by atoms with Gasteiger partial charge in [0.2, 0.25) is 5.91 Å². The summed E-state index contributed by atoms with van der Waals surface area (Å²) >= 11 is 0. The number of aromatic hydroxyl groups is 1. The van der Waals surface area contributed by atoms with Crippen LogP contribution in [0.15, 0.2) is 48.5 Å². The van der Waals surface area contributed by atoms with E-state index in [1.165, 1.54) is 12.1 Å². The van der Waals surface area contributed by atoms with Gasteiger partial charge in [-0.2, -0.15) is 0 Å². The number of benzene rings is 2. The number of carbonyl (C=O) groups excluding carboxylic acids is 3. The summed E-state index contributed by atoms with van der Waals surface area (Å²) in [7, 11) is 0. The number of ether oxygens (including phenoxy) is 1. The Morgan fingerprint density at radius 2 is 1.72 bits per heavy atom. The summed E-state index contributed by atoms with van der Waals surface area (Å²) in [5.74, 6) is -0.779. The molecule has 0 spiro atoms. The summed E-state index contributed by atoms with van der Waals surface area (Å²) in [4.78, 5) is 36.0. The largest absolute Gasteiger partial charge is 0.508 e. The highest BCUT2D eigenvalue weighted by Crippen LogP contribution is 2.16. The molecular weight excluding hydrogens is 374 g/mol. The molecule has 29 heavy (non-hydrogen) atoms. The molecule has 0 saturated carbocycles. The predicted octanol–water partition coefficient (Wildman–Crippen LogP) is 2.79. The summed E-state index contributed by atoms with van der Waals surface area (Å²) in [6.07, 6.45) is -0.681. The first-order valence-electron chi connectivity index (χ1n) is 9.06. The van der Waals surface area contributed by atoms with Gasteiger partial charge >= 0.3 is 6.09 Å². The monoisotopic (exact) mass is 399 g/mol. The molecule has 0 heterocycles. The summed E-state index contributed by atoms with van der Waals surface area (Å²) in [5, 5.41) is 17.3. The number of carbonyl (C=O) groups is 3. The lowest BCUT2D eigenvalue weighted by molar-refractivity contribution is -0.115. The zero-order chi connectivity index (χ0) is 21.4. The fraction of sp³-hybridized carbons (Fsp3) is 0.286. The minimum absolute atomic E-state index is 0.00259. The number of amides is 3. The zero-order valence-electron chi connectivity index (χ0n) is 16.6. The number of para-hydroxylation sites is 1. The molecule has 0 atom stereocenters. The van der Waals surface area contributed by atoms with Crippen molar-refractivity contribution in [3.63, 3.8) is 0 Å². The van der Waals surface area contributed by atoms with Crippen LogP contribution >= 0.6 is 0 Å². The Balaban J connectivity index is 1.92. The fourth-order valence-corrected chi connectivity index (χ4v) is 2.38. The van der Waals surface area contributed by atoms with Crippen LogP contribution in [0.2, 0.25) is 0 Å². The van der Waals surface area contributed by atoms with Crippen molar-refractivity contribution in [2.45, 2.75) is 32.9 Å². The van der Waals surface area contributed by atoms with E-state index in [-0.39, 0.29) is 24.7 Å². The Bertz CT molecular complexity index is 890. The lowest BCUT2D eigenvalue weighted by atomic mass is 10.1. The van der Waals surface area contributed by atoms with Crippen LogP contribution in [-0.4, -0.2) is 35.2 Å². The SMILES string of the molecule is CC(C)(C)OC(=O)NCC(=O)Nc1ccccc1CNC(=O)c1cccc(O)c1.